The third-order valence-electron chi connectivity index (χ3n) is 10.8. The minimum absolute atomic E-state index is 0.0198. The lowest BCUT2D eigenvalue weighted by atomic mass is 9.94. The number of H-pyrrole nitrogens is 1. The summed E-state index contributed by atoms with van der Waals surface area (Å²) in [7, 11) is 0. The maximum absolute atomic E-state index is 12.3. The molecule has 0 spiro atoms. The summed E-state index contributed by atoms with van der Waals surface area (Å²) in [6, 6.07) is -1.12. The van der Waals surface area contributed by atoms with Gasteiger partial charge in [-0.1, -0.05) is 70.6 Å². The molecule has 0 aromatic carbocycles. The number of amides is 3. The number of carboxylic acids is 3. The lowest BCUT2D eigenvalue weighted by Crippen LogP contribution is -2.41. The van der Waals surface area contributed by atoms with Gasteiger partial charge in [0, 0.05) is 70.1 Å². The van der Waals surface area contributed by atoms with E-state index in [1.807, 2.05) is 0 Å². The van der Waals surface area contributed by atoms with Crippen LogP contribution in [0, 0.1) is 5.92 Å². The van der Waals surface area contributed by atoms with Crippen molar-refractivity contribution in [2.45, 2.75) is 160 Å². The number of aromatic nitrogens is 2. The highest BCUT2D eigenvalue weighted by molar-refractivity contribution is 5.85. The molecule has 0 fully saturated rings. The van der Waals surface area contributed by atoms with Crippen LogP contribution in [0.3, 0.4) is 0 Å². The van der Waals surface area contributed by atoms with E-state index in [1.165, 1.54) is 25.6 Å². The monoisotopic (exact) mass is 954 g/mol. The number of unbranched alkanes of at least 4 members (excludes halogenated alkanes) is 12. The summed E-state index contributed by atoms with van der Waals surface area (Å²) in [5.41, 5.74) is 0.823. The molecule has 0 bridgehead atoms. The van der Waals surface area contributed by atoms with Crippen LogP contribution in [0.2, 0.25) is 0 Å². The van der Waals surface area contributed by atoms with Gasteiger partial charge >= 0.3 is 17.9 Å². The number of aryl methyl sites for hydroxylation is 1. The Kier molecular flexibility index (Phi) is 37.2. The predicted octanol–water partition coefficient (Wildman–Crippen LogP) is 4.72. The van der Waals surface area contributed by atoms with E-state index in [9.17, 15) is 48.6 Å². The lowest BCUT2D eigenvalue weighted by Gasteiger charge is -2.14. The second kappa shape index (κ2) is 41.4. The number of ketones is 2. The Balaban J connectivity index is 1.92. The van der Waals surface area contributed by atoms with Gasteiger partial charge in [0.15, 0.2) is 0 Å². The van der Waals surface area contributed by atoms with E-state index >= 15 is 0 Å². The number of nitrogens with one attached hydrogen (secondary N) is 4. The standard InChI is InChI=1S/C47H79N5O15/c53-39(22-23-41(47(62)63)52-42(55)18-11-9-7-5-3-1-2-4-6-8-10-12-19-45(58)59)17-15-26-64-28-30-66-35-44(57)50-25-27-65-29-31-67-34-43(56)49-24-14-13-16-37(46(60)61)32-40(54)21-20-38-33-48-36-51-38/h33,36-37,41H,1-32,34-35H2,(H,48,51)(H,49,56)(H,50,57)(H,52,55)(H,58,59)(H,60,61)(H,62,63)/t37-,41+/m1/s1. The SMILES string of the molecule is O=C(O)CCCCCCCCCCCCCCC(=O)N[C@@H](CCC(=O)CCCOCCOCC(=O)NCCOCCOCC(=O)NCCCC[C@H](CC(=O)CCc1cnc[nH]1)C(=O)O)C(=O)O. The molecule has 0 aliphatic carbocycles. The summed E-state index contributed by atoms with van der Waals surface area (Å²) in [6.07, 6.45) is 18.8. The van der Waals surface area contributed by atoms with E-state index in [-0.39, 0.29) is 127 Å². The van der Waals surface area contributed by atoms with Crippen LogP contribution in [0.5, 0.6) is 0 Å². The van der Waals surface area contributed by atoms with Crippen LogP contribution in [0.15, 0.2) is 12.5 Å². The van der Waals surface area contributed by atoms with Crippen molar-refractivity contribution < 1.29 is 72.6 Å². The Bertz CT molecular complexity index is 1530. The van der Waals surface area contributed by atoms with Crippen molar-refractivity contribution in [1.82, 2.24) is 25.9 Å². The predicted molar refractivity (Wildman–Crippen MR) is 246 cm³/mol. The third-order valence-corrected chi connectivity index (χ3v) is 10.8. The Morgan fingerprint density at radius 3 is 1.66 bits per heavy atom. The van der Waals surface area contributed by atoms with Crippen LogP contribution in [-0.2, 0) is 63.7 Å². The van der Waals surface area contributed by atoms with Gasteiger partial charge in [0.25, 0.3) is 0 Å². The number of rotatable bonds is 48. The molecule has 1 aromatic rings. The highest BCUT2D eigenvalue weighted by atomic mass is 16.5. The van der Waals surface area contributed by atoms with Crippen molar-refractivity contribution in [3.8, 4) is 0 Å². The molecule has 0 radical (unpaired) electrons. The number of ether oxygens (including phenoxy) is 4. The van der Waals surface area contributed by atoms with E-state index in [0.29, 0.717) is 51.7 Å². The number of nitrogens with zero attached hydrogens (tertiary/aromatic N) is 1. The number of hydrogen-bond donors (Lipinski definition) is 7. The Morgan fingerprint density at radius 1 is 0.522 bits per heavy atom. The summed E-state index contributed by atoms with van der Waals surface area (Å²) < 4.78 is 21.4. The molecule has 1 rings (SSSR count). The smallest absolute Gasteiger partial charge is 0.326 e. The molecule has 1 aromatic heterocycles. The van der Waals surface area contributed by atoms with Gasteiger partial charge in [0.05, 0.1) is 45.3 Å². The van der Waals surface area contributed by atoms with Crippen molar-refractivity contribution in [3.63, 3.8) is 0 Å². The topological polar surface area (TPSA) is 299 Å². The normalized spacial score (nSPS) is 12.0. The van der Waals surface area contributed by atoms with E-state index in [1.54, 1.807) is 6.20 Å². The largest absolute Gasteiger partial charge is 0.481 e. The maximum Gasteiger partial charge on any atom is 0.326 e. The summed E-state index contributed by atoms with van der Waals surface area (Å²) >= 11 is 0. The fourth-order valence-electron chi connectivity index (χ4n) is 6.92. The van der Waals surface area contributed by atoms with Crippen LogP contribution in [0.25, 0.3) is 0 Å². The zero-order chi connectivity index (χ0) is 49.2. The molecule has 20 nitrogen and oxygen atoms in total. The number of aromatic amines is 1. The van der Waals surface area contributed by atoms with E-state index in [0.717, 1.165) is 57.1 Å². The molecule has 20 heteroatoms. The lowest BCUT2D eigenvalue weighted by molar-refractivity contribution is -0.144. The number of carboxylic acid groups (broad SMARTS) is 3. The Labute approximate surface area is 395 Å². The van der Waals surface area contributed by atoms with E-state index in [4.69, 9.17) is 24.1 Å². The quantitative estimate of drug-likeness (QED) is 0.0435. The average Bonchev–Trinajstić information content (AvgIpc) is 3.82. The summed E-state index contributed by atoms with van der Waals surface area (Å²) in [5.74, 6) is -4.87. The molecule has 0 aliphatic rings. The van der Waals surface area contributed by atoms with Crippen molar-refractivity contribution in [1.29, 1.82) is 0 Å². The van der Waals surface area contributed by atoms with Gasteiger partial charge in [-0.05, 0) is 44.9 Å². The number of hydrogen-bond acceptors (Lipinski definition) is 13. The van der Waals surface area contributed by atoms with Crippen LogP contribution in [-0.4, -0.2) is 144 Å². The van der Waals surface area contributed by atoms with Crippen LogP contribution >= 0.6 is 0 Å². The van der Waals surface area contributed by atoms with Gasteiger partial charge in [-0.25, -0.2) is 9.78 Å². The molecule has 0 unspecified atom stereocenters. The van der Waals surface area contributed by atoms with E-state index < -0.39 is 29.9 Å². The molecule has 0 saturated carbocycles. The summed E-state index contributed by atoms with van der Waals surface area (Å²) in [5, 5.41) is 35.6. The average molecular weight is 954 g/mol. The number of carbonyl (C=O) groups excluding carboxylic acids is 5. The first-order chi connectivity index (χ1) is 32.4. The van der Waals surface area contributed by atoms with Gasteiger partial charge in [-0.2, -0.15) is 0 Å². The van der Waals surface area contributed by atoms with Gasteiger partial charge in [-0.15, -0.1) is 0 Å². The molecule has 2 atom stereocenters. The van der Waals surface area contributed by atoms with Crippen LogP contribution in [0.4, 0.5) is 0 Å². The van der Waals surface area contributed by atoms with Gasteiger partial charge < -0.3 is 55.2 Å². The molecule has 0 saturated heterocycles. The second-order valence-electron chi connectivity index (χ2n) is 16.7. The Morgan fingerprint density at radius 2 is 1.09 bits per heavy atom. The number of imidazole rings is 1. The number of aliphatic carboxylic acids is 3. The van der Waals surface area contributed by atoms with Crippen molar-refractivity contribution in [2.75, 3.05) is 65.9 Å². The fourth-order valence-corrected chi connectivity index (χ4v) is 6.92. The fraction of sp³-hybridized carbons (Fsp3) is 0.766. The molecule has 7 N–H and O–H groups in total. The Hall–Kier alpha value is -4.79. The maximum atomic E-state index is 12.3. The minimum Gasteiger partial charge on any atom is -0.481 e. The molecule has 0 aliphatic heterocycles. The minimum atomic E-state index is -1.17. The van der Waals surface area contributed by atoms with Crippen LogP contribution in [0.1, 0.15) is 153 Å². The molecule has 67 heavy (non-hydrogen) atoms. The second-order valence-corrected chi connectivity index (χ2v) is 16.7. The van der Waals surface area contributed by atoms with Crippen molar-refractivity contribution in [2.24, 2.45) is 5.92 Å². The first-order valence-electron chi connectivity index (χ1n) is 24.2. The third kappa shape index (κ3) is 37.9. The van der Waals surface area contributed by atoms with Gasteiger partial charge in [0.2, 0.25) is 17.7 Å². The molecular weight excluding hydrogens is 875 g/mol. The summed E-state index contributed by atoms with van der Waals surface area (Å²) in [4.78, 5) is 101. The first-order valence-corrected chi connectivity index (χ1v) is 24.2. The molecule has 3 amide bonds. The highest BCUT2D eigenvalue weighted by Crippen LogP contribution is 2.16. The van der Waals surface area contributed by atoms with Gasteiger partial charge in [-0.3, -0.25) is 33.6 Å². The molecule has 1 heterocycles. The number of Topliss-reactive ketones (excluding diaryl/α,β-unsaturated/α-hetero) is 2. The highest BCUT2D eigenvalue weighted by Gasteiger charge is 2.22. The summed E-state index contributed by atoms with van der Waals surface area (Å²) in [6.45, 7) is 1.58. The van der Waals surface area contributed by atoms with Gasteiger partial charge in [0.1, 0.15) is 30.8 Å². The number of carbonyl (C=O) groups is 8. The molecular formula is C47H79N5O15. The zero-order valence-electron chi connectivity index (χ0n) is 39.5. The molecule has 382 valence electrons. The van der Waals surface area contributed by atoms with E-state index in [2.05, 4.69) is 25.9 Å². The van der Waals surface area contributed by atoms with Crippen molar-refractivity contribution in [3.05, 3.63) is 18.2 Å². The van der Waals surface area contributed by atoms with Crippen molar-refractivity contribution >= 4 is 47.2 Å². The first kappa shape index (κ1) is 60.2. The zero-order valence-corrected chi connectivity index (χ0v) is 39.5. The van der Waals surface area contributed by atoms with Crippen LogP contribution < -0.4 is 16.0 Å².